The van der Waals surface area contributed by atoms with Crippen molar-refractivity contribution in [2.75, 3.05) is 19.1 Å². The SMILES string of the molecule is CCOc1cc(C=NNc2nc(-c3ccccc3)c(C#N)c(=O)[nH]2)cc(Br)c1OC. The summed E-state index contributed by atoms with van der Waals surface area (Å²) in [5, 5.41) is 13.5. The molecule has 0 aliphatic rings. The third kappa shape index (κ3) is 4.67. The number of hydrogen-bond donors (Lipinski definition) is 2. The van der Waals surface area contributed by atoms with Crippen molar-refractivity contribution in [3.05, 3.63) is 68.4 Å². The second kappa shape index (κ2) is 9.71. The first-order valence-corrected chi connectivity index (χ1v) is 9.76. The fourth-order valence-corrected chi connectivity index (χ4v) is 3.35. The number of hydrogen-bond acceptors (Lipinski definition) is 7. The Hall–Kier alpha value is -3.64. The number of anilines is 1. The number of hydrazone groups is 1. The molecule has 30 heavy (non-hydrogen) atoms. The van der Waals surface area contributed by atoms with Crippen molar-refractivity contribution in [1.82, 2.24) is 9.97 Å². The van der Waals surface area contributed by atoms with Gasteiger partial charge in [0.15, 0.2) is 11.5 Å². The molecular weight excluding hydrogens is 450 g/mol. The second-order valence-corrected chi connectivity index (χ2v) is 6.81. The zero-order chi connectivity index (χ0) is 21.5. The van der Waals surface area contributed by atoms with Gasteiger partial charge in [0.25, 0.3) is 5.56 Å². The Labute approximate surface area is 181 Å². The molecule has 3 aromatic rings. The van der Waals surface area contributed by atoms with Gasteiger partial charge < -0.3 is 9.47 Å². The van der Waals surface area contributed by atoms with E-state index in [0.717, 1.165) is 5.56 Å². The molecule has 1 heterocycles. The van der Waals surface area contributed by atoms with E-state index in [1.807, 2.05) is 37.3 Å². The minimum atomic E-state index is -0.546. The lowest BCUT2D eigenvalue weighted by Gasteiger charge is -2.11. The van der Waals surface area contributed by atoms with Gasteiger partial charge in [-0.1, -0.05) is 30.3 Å². The Morgan fingerprint density at radius 1 is 1.33 bits per heavy atom. The maximum atomic E-state index is 12.3. The Kier molecular flexibility index (Phi) is 6.83. The number of benzene rings is 2. The van der Waals surface area contributed by atoms with E-state index >= 15 is 0 Å². The zero-order valence-electron chi connectivity index (χ0n) is 16.3. The van der Waals surface area contributed by atoms with Crippen LogP contribution in [-0.2, 0) is 0 Å². The first-order chi connectivity index (χ1) is 14.6. The fourth-order valence-electron chi connectivity index (χ4n) is 2.73. The minimum absolute atomic E-state index is 0.0591. The number of nitrogens with zero attached hydrogens (tertiary/aromatic N) is 3. The van der Waals surface area contributed by atoms with Crippen LogP contribution in [-0.4, -0.2) is 29.9 Å². The lowest BCUT2D eigenvalue weighted by atomic mass is 10.1. The average molecular weight is 468 g/mol. The van der Waals surface area contributed by atoms with E-state index in [9.17, 15) is 10.1 Å². The van der Waals surface area contributed by atoms with Crippen LogP contribution in [0.15, 0.2) is 56.8 Å². The molecule has 2 aromatic carbocycles. The predicted octanol–water partition coefficient (Wildman–Crippen LogP) is 3.92. The zero-order valence-corrected chi connectivity index (χ0v) is 17.9. The molecule has 8 nitrogen and oxygen atoms in total. The first kappa shape index (κ1) is 21.1. The van der Waals surface area contributed by atoms with Crippen molar-refractivity contribution < 1.29 is 9.47 Å². The summed E-state index contributed by atoms with van der Waals surface area (Å²) in [6.07, 6.45) is 1.55. The van der Waals surface area contributed by atoms with Crippen LogP contribution in [0.1, 0.15) is 18.1 Å². The van der Waals surface area contributed by atoms with Crippen molar-refractivity contribution >= 4 is 28.1 Å². The van der Waals surface area contributed by atoms with Gasteiger partial charge in [0.1, 0.15) is 11.6 Å². The highest BCUT2D eigenvalue weighted by Crippen LogP contribution is 2.36. The molecule has 0 bridgehead atoms. The summed E-state index contributed by atoms with van der Waals surface area (Å²) in [4.78, 5) is 19.1. The second-order valence-electron chi connectivity index (χ2n) is 5.95. The van der Waals surface area contributed by atoms with Crippen molar-refractivity contribution in [2.24, 2.45) is 5.10 Å². The van der Waals surface area contributed by atoms with Crippen LogP contribution in [0.5, 0.6) is 11.5 Å². The summed E-state index contributed by atoms with van der Waals surface area (Å²) < 4.78 is 11.6. The van der Waals surface area contributed by atoms with Crippen LogP contribution in [0.4, 0.5) is 5.95 Å². The molecule has 0 amide bonds. The van der Waals surface area contributed by atoms with Crippen molar-refractivity contribution in [3.8, 4) is 28.8 Å². The number of ether oxygens (including phenoxy) is 2. The smallest absolute Gasteiger partial charge is 0.270 e. The molecule has 0 unspecified atom stereocenters. The standard InChI is InChI=1S/C21H18BrN5O3/c1-3-30-17-10-13(9-16(22)19(17)29-2)12-24-27-21-25-18(14-7-5-4-6-8-14)15(11-23)20(28)26-21/h4-10,12H,3H2,1-2H3,(H2,25,26,27,28). The molecule has 2 N–H and O–H groups in total. The van der Waals surface area contributed by atoms with Gasteiger partial charge in [-0.3, -0.25) is 9.78 Å². The van der Waals surface area contributed by atoms with Crippen LogP contribution in [0.2, 0.25) is 0 Å². The monoisotopic (exact) mass is 467 g/mol. The van der Waals surface area contributed by atoms with Crippen molar-refractivity contribution in [2.45, 2.75) is 6.92 Å². The van der Waals surface area contributed by atoms with Crippen LogP contribution in [0.3, 0.4) is 0 Å². The molecule has 0 fully saturated rings. The van der Waals surface area contributed by atoms with Gasteiger partial charge in [-0.05, 0) is 40.5 Å². The summed E-state index contributed by atoms with van der Waals surface area (Å²) >= 11 is 3.45. The molecule has 152 valence electrons. The van der Waals surface area contributed by atoms with Crippen molar-refractivity contribution in [1.29, 1.82) is 5.26 Å². The highest BCUT2D eigenvalue weighted by Gasteiger charge is 2.13. The van der Waals surface area contributed by atoms with Gasteiger partial charge in [-0.25, -0.2) is 10.4 Å². The molecule has 9 heteroatoms. The summed E-state index contributed by atoms with van der Waals surface area (Å²) in [6, 6.07) is 14.5. The summed E-state index contributed by atoms with van der Waals surface area (Å²) in [6.45, 7) is 2.37. The number of rotatable bonds is 7. The number of aromatic nitrogens is 2. The van der Waals surface area contributed by atoms with E-state index < -0.39 is 5.56 Å². The Morgan fingerprint density at radius 2 is 2.10 bits per heavy atom. The third-order valence-electron chi connectivity index (χ3n) is 4.00. The number of aromatic amines is 1. The third-order valence-corrected chi connectivity index (χ3v) is 4.59. The quantitative estimate of drug-likeness (QED) is 0.402. The first-order valence-electron chi connectivity index (χ1n) is 8.96. The van der Waals surface area contributed by atoms with Gasteiger partial charge in [0.2, 0.25) is 5.95 Å². The fraction of sp³-hybridized carbons (Fsp3) is 0.143. The largest absolute Gasteiger partial charge is 0.492 e. The van der Waals surface area contributed by atoms with Gasteiger partial charge in [-0.15, -0.1) is 0 Å². The van der Waals surface area contributed by atoms with Gasteiger partial charge in [0, 0.05) is 5.56 Å². The van der Waals surface area contributed by atoms with Gasteiger partial charge in [0.05, 0.1) is 30.1 Å². The molecule has 0 spiro atoms. The number of methoxy groups -OCH3 is 1. The molecule has 3 rings (SSSR count). The molecule has 0 saturated heterocycles. The topological polar surface area (TPSA) is 112 Å². The van der Waals surface area contributed by atoms with Gasteiger partial charge >= 0.3 is 0 Å². The molecular formula is C21H18BrN5O3. The molecule has 0 atom stereocenters. The summed E-state index contributed by atoms with van der Waals surface area (Å²) in [5.41, 5.74) is 3.77. The highest BCUT2D eigenvalue weighted by molar-refractivity contribution is 9.10. The lowest BCUT2D eigenvalue weighted by molar-refractivity contribution is 0.310. The molecule has 0 aliphatic heterocycles. The van der Waals surface area contributed by atoms with Crippen molar-refractivity contribution in [3.63, 3.8) is 0 Å². The highest BCUT2D eigenvalue weighted by atomic mass is 79.9. The number of halogens is 1. The number of nitriles is 1. The Bertz CT molecular complexity index is 1170. The van der Waals surface area contributed by atoms with Crippen LogP contribution in [0.25, 0.3) is 11.3 Å². The van der Waals surface area contributed by atoms with Gasteiger partial charge in [-0.2, -0.15) is 10.4 Å². The van der Waals surface area contributed by atoms with Crippen LogP contribution < -0.4 is 20.5 Å². The lowest BCUT2D eigenvalue weighted by Crippen LogP contribution is -2.16. The summed E-state index contributed by atoms with van der Waals surface area (Å²) in [7, 11) is 1.56. The van der Waals surface area contributed by atoms with E-state index in [1.54, 1.807) is 31.5 Å². The van der Waals surface area contributed by atoms with E-state index in [2.05, 4.69) is 36.4 Å². The maximum Gasteiger partial charge on any atom is 0.270 e. The Balaban J connectivity index is 1.89. The van der Waals surface area contributed by atoms with E-state index in [-0.39, 0.29) is 17.2 Å². The minimum Gasteiger partial charge on any atom is -0.492 e. The Morgan fingerprint density at radius 3 is 2.77 bits per heavy atom. The molecule has 1 aromatic heterocycles. The van der Waals surface area contributed by atoms with Crippen LogP contribution >= 0.6 is 15.9 Å². The van der Waals surface area contributed by atoms with Crippen LogP contribution in [0, 0.1) is 11.3 Å². The molecule has 0 aliphatic carbocycles. The predicted molar refractivity (Wildman–Crippen MR) is 118 cm³/mol. The van der Waals surface area contributed by atoms with E-state index in [1.165, 1.54) is 0 Å². The normalized spacial score (nSPS) is 10.6. The number of nitrogens with one attached hydrogen (secondary N) is 2. The molecule has 0 saturated carbocycles. The molecule has 0 radical (unpaired) electrons. The van der Waals surface area contributed by atoms with E-state index in [4.69, 9.17) is 9.47 Å². The van der Waals surface area contributed by atoms with E-state index in [0.29, 0.717) is 28.1 Å². The number of H-pyrrole nitrogens is 1. The maximum absolute atomic E-state index is 12.3. The summed E-state index contributed by atoms with van der Waals surface area (Å²) in [5.74, 6) is 1.28. The average Bonchev–Trinajstić information content (AvgIpc) is 2.74.